The van der Waals surface area contributed by atoms with Crippen molar-refractivity contribution >= 4 is 15.5 Å². The van der Waals surface area contributed by atoms with Gasteiger partial charge in [-0.3, -0.25) is 4.98 Å². The first-order chi connectivity index (χ1) is 9.52. The van der Waals surface area contributed by atoms with Crippen LogP contribution in [0.4, 0.5) is 5.69 Å². The Labute approximate surface area is 121 Å². The Bertz CT molecular complexity index is 545. The van der Waals surface area contributed by atoms with E-state index in [4.69, 9.17) is 0 Å². The number of rotatable bonds is 6. The number of aromatic nitrogens is 1. The highest BCUT2D eigenvalue weighted by Crippen LogP contribution is 2.22. The van der Waals surface area contributed by atoms with E-state index >= 15 is 0 Å². The fourth-order valence-corrected chi connectivity index (χ4v) is 4.24. The number of hydrogen-bond donors (Lipinski definition) is 1. The third kappa shape index (κ3) is 3.93. The molecule has 0 aromatic carbocycles. The van der Waals surface area contributed by atoms with Gasteiger partial charge in [0.2, 0.25) is 0 Å². The summed E-state index contributed by atoms with van der Waals surface area (Å²) in [5.74, 6) is 0.563. The maximum Gasteiger partial charge on any atom is 0.152 e. The molecule has 0 saturated carbocycles. The van der Waals surface area contributed by atoms with E-state index in [1.165, 1.54) is 0 Å². The summed E-state index contributed by atoms with van der Waals surface area (Å²) in [4.78, 5) is 6.41. The molecule has 1 aliphatic heterocycles. The lowest BCUT2D eigenvalue weighted by atomic mass is 10.2. The summed E-state index contributed by atoms with van der Waals surface area (Å²) in [5, 5.41) is 3.32. The van der Waals surface area contributed by atoms with Crippen LogP contribution in [0.25, 0.3) is 0 Å². The molecule has 1 fully saturated rings. The lowest BCUT2D eigenvalue weighted by molar-refractivity contribution is 0.601. The second-order valence-corrected chi connectivity index (χ2v) is 7.58. The van der Waals surface area contributed by atoms with Crippen molar-refractivity contribution in [2.24, 2.45) is 0 Å². The van der Waals surface area contributed by atoms with Crippen LogP contribution in [0.3, 0.4) is 0 Å². The van der Waals surface area contributed by atoms with Crippen molar-refractivity contribution in [2.75, 3.05) is 30.0 Å². The average molecular weight is 297 g/mol. The second kappa shape index (κ2) is 6.54. The molecule has 0 radical (unpaired) electrons. The van der Waals surface area contributed by atoms with Crippen LogP contribution in [0.1, 0.15) is 25.5 Å². The summed E-state index contributed by atoms with van der Waals surface area (Å²) in [7, 11) is -0.883. The van der Waals surface area contributed by atoms with E-state index in [0.29, 0.717) is 12.2 Å². The molecule has 1 aliphatic rings. The maximum atomic E-state index is 11.6. The van der Waals surface area contributed by atoms with E-state index in [0.717, 1.165) is 30.9 Å². The summed E-state index contributed by atoms with van der Waals surface area (Å²) < 4.78 is 23.1. The molecule has 1 N–H and O–H groups in total. The van der Waals surface area contributed by atoms with Crippen molar-refractivity contribution in [2.45, 2.75) is 32.4 Å². The highest BCUT2D eigenvalue weighted by Gasteiger charge is 2.30. The monoisotopic (exact) mass is 297 g/mol. The van der Waals surface area contributed by atoms with Crippen LogP contribution in [0.2, 0.25) is 0 Å². The molecule has 1 saturated heterocycles. The van der Waals surface area contributed by atoms with Gasteiger partial charge in [-0.15, -0.1) is 0 Å². The topological polar surface area (TPSA) is 62.3 Å². The molecule has 0 amide bonds. The van der Waals surface area contributed by atoms with Gasteiger partial charge < -0.3 is 10.2 Å². The molecule has 1 aromatic heterocycles. The molecular formula is C14H23N3O2S. The van der Waals surface area contributed by atoms with Gasteiger partial charge in [-0.1, -0.05) is 6.92 Å². The normalized spacial score (nSPS) is 21.0. The van der Waals surface area contributed by atoms with Gasteiger partial charge in [0.05, 0.1) is 17.2 Å². The zero-order valence-electron chi connectivity index (χ0n) is 12.2. The standard InChI is InChI=1S/C14H23N3O2S/c1-3-6-15-10-12-9-13(4-7-16-12)17(2)14-5-8-20(18,19)11-14/h4,7,9,14-15H,3,5-6,8,10-11H2,1-2H3. The maximum absolute atomic E-state index is 11.6. The van der Waals surface area contributed by atoms with E-state index in [2.05, 4.69) is 22.1 Å². The number of pyridine rings is 1. The molecule has 1 unspecified atom stereocenters. The number of hydrogen-bond acceptors (Lipinski definition) is 5. The Morgan fingerprint density at radius 3 is 2.95 bits per heavy atom. The van der Waals surface area contributed by atoms with Crippen molar-refractivity contribution in [3.8, 4) is 0 Å². The summed E-state index contributed by atoms with van der Waals surface area (Å²) in [6.45, 7) is 3.85. The zero-order chi connectivity index (χ0) is 14.6. The van der Waals surface area contributed by atoms with Crippen LogP contribution in [-0.2, 0) is 16.4 Å². The number of sulfone groups is 1. The van der Waals surface area contributed by atoms with E-state index in [-0.39, 0.29) is 11.8 Å². The van der Waals surface area contributed by atoms with Gasteiger partial charge in [-0.25, -0.2) is 8.42 Å². The van der Waals surface area contributed by atoms with Crippen molar-refractivity contribution in [1.82, 2.24) is 10.3 Å². The van der Waals surface area contributed by atoms with Gasteiger partial charge in [0.15, 0.2) is 9.84 Å². The Morgan fingerprint density at radius 2 is 2.30 bits per heavy atom. The summed E-state index contributed by atoms with van der Waals surface area (Å²) in [6.07, 6.45) is 3.60. The molecule has 2 rings (SSSR count). The van der Waals surface area contributed by atoms with Gasteiger partial charge in [0, 0.05) is 31.5 Å². The number of anilines is 1. The Kier molecular flexibility index (Phi) is 4.99. The SMILES string of the molecule is CCCNCc1cc(N(C)C2CCS(=O)(=O)C2)ccn1. The van der Waals surface area contributed by atoms with Crippen LogP contribution >= 0.6 is 0 Å². The van der Waals surface area contributed by atoms with Gasteiger partial charge >= 0.3 is 0 Å². The van der Waals surface area contributed by atoms with Crippen LogP contribution in [0.5, 0.6) is 0 Å². The Balaban J connectivity index is 2.03. The molecular weight excluding hydrogens is 274 g/mol. The quantitative estimate of drug-likeness (QED) is 0.800. The molecule has 20 heavy (non-hydrogen) atoms. The lowest BCUT2D eigenvalue weighted by Gasteiger charge is -2.25. The highest BCUT2D eigenvalue weighted by atomic mass is 32.2. The Morgan fingerprint density at radius 1 is 1.50 bits per heavy atom. The number of nitrogens with zero attached hydrogens (tertiary/aromatic N) is 2. The summed E-state index contributed by atoms with van der Waals surface area (Å²) >= 11 is 0. The van der Waals surface area contributed by atoms with Crippen molar-refractivity contribution in [3.05, 3.63) is 24.0 Å². The van der Waals surface area contributed by atoms with E-state index in [9.17, 15) is 8.42 Å². The van der Waals surface area contributed by atoms with E-state index < -0.39 is 9.84 Å². The molecule has 0 spiro atoms. The van der Waals surface area contributed by atoms with Gasteiger partial charge in [0.25, 0.3) is 0 Å². The average Bonchev–Trinajstić information content (AvgIpc) is 2.79. The largest absolute Gasteiger partial charge is 0.370 e. The van der Waals surface area contributed by atoms with Crippen molar-refractivity contribution in [1.29, 1.82) is 0 Å². The molecule has 5 nitrogen and oxygen atoms in total. The second-order valence-electron chi connectivity index (χ2n) is 5.35. The first-order valence-corrected chi connectivity index (χ1v) is 8.93. The number of nitrogens with one attached hydrogen (secondary N) is 1. The third-order valence-electron chi connectivity index (χ3n) is 3.70. The summed E-state index contributed by atoms with van der Waals surface area (Å²) in [6, 6.07) is 4.06. The minimum atomic E-state index is -2.85. The predicted molar refractivity (Wildman–Crippen MR) is 81.7 cm³/mol. The Hall–Kier alpha value is -1.14. The van der Waals surface area contributed by atoms with Gasteiger partial charge in [-0.2, -0.15) is 0 Å². The fraction of sp³-hybridized carbons (Fsp3) is 0.643. The van der Waals surface area contributed by atoms with Crippen LogP contribution in [-0.4, -0.2) is 44.5 Å². The fourth-order valence-electron chi connectivity index (χ4n) is 2.47. The molecule has 0 aliphatic carbocycles. The first kappa shape index (κ1) is 15.3. The van der Waals surface area contributed by atoms with E-state index in [1.54, 1.807) is 6.20 Å². The van der Waals surface area contributed by atoms with Crippen molar-refractivity contribution < 1.29 is 8.42 Å². The molecule has 1 aromatic rings. The van der Waals surface area contributed by atoms with Crippen LogP contribution < -0.4 is 10.2 Å². The lowest BCUT2D eigenvalue weighted by Crippen LogP contribution is -2.32. The summed E-state index contributed by atoms with van der Waals surface area (Å²) in [5.41, 5.74) is 2.03. The molecule has 2 heterocycles. The zero-order valence-corrected chi connectivity index (χ0v) is 13.0. The predicted octanol–water partition coefficient (Wildman–Crippen LogP) is 1.20. The highest BCUT2D eigenvalue weighted by molar-refractivity contribution is 7.91. The molecule has 1 atom stereocenters. The van der Waals surface area contributed by atoms with E-state index in [1.807, 2.05) is 19.2 Å². The molecule has 0 bridgehead atoms. The minimum Gasteiger partial charge on any atom is -0.370 e. The molecule has 112 valence electrons. The minimum absolute atomic E-state index is 0.0823. The van der Waals surface area contributed by atoms with Gasteiger partial charge in [0.1, 0.15) is 0 Å². The van der Waals surface area contributed by atoms with Gasteiger partial charge in [-0.05, 0) is 31.5 Å². The molecule has 6 heteroatoms. The van der Waals surface area contributed by atoms with Crippen LogP contribution in [0.15, 0.2) is 18.3 Å². The third-order valence-corrected chi connectivity index (χ3v) is 5.45. The smallest absolute Gasteiger partial charge is 0.152 e. The first-order valence-electron chi connectivity index (χ1n) is 7.11. The van der Waals surface area contributed by atoms with Crippen LogP contribution in [0, 0.1) is 0 Å². The van der Waals surface area contributed by atoms with Crippen molar-refractivity contribution in [3.63, 3.8) is 0 Å².